The molecule has 1 rings (SSSR count). The molecule has 0 radical (unpaired) electrons. The van der Waals surface area contributed by atoms with Crippen LogP contribution in [-0.2, 0) is 6.42 Å². The Kier molecular flexibility index (Phi) is 3.12. The zero-order valence-corrected chi connectivity index (χ0v) is 8.23. The Hall–Kier alpha value is -0.530. The molecule has 1 atom stereocenters. The van der Waals surface area contributed by atoms with E-state index in [1.165, 1.54) is 5.56 Å². The van der Waals surface area contributed by atoms with Gasteiger partial charge in [-0.05, 0) is 30.5 Å². The van der Waals surface area contributed by atoms with Crippen LogP contribution in [0.25, 0.3) is 0 Å². The molecule has 0 heterocycles. The van der Waals surface area contributed by atoms with Crippen molar-refractivity contribution in [3.05, 3.63) is 34.3 Å². The van der Waals surface area contributed by atoms with Crippen molar-refractivity contribution >= 4 is 11.6 Å². The fourth-order valence-corrected chi connectivity index (χ4v) is 1.54. The van der Waals surface area contributed by atoms with Gasteiger partial charge in [-0.15, -0.1) is 0 Å². The van der Waals surface area contributed by atoms with Crippen LogP contribution in [0.5, 0.6) is 0 Å². The highest BCUT2D eigenvalue weighted by Crippen LogP contribution is 2.22. The molecule has 2 N–H and O–H groups in total. The van der Waals surface area contributed by atoms with Crippen molar-refractivity contribution in [2.75, 3.05) is 0 Å². The maximum atomic E-state index is 6.02. The summed E-state index contributed by atoms with van der Waals surface area (Å²) in [5.41, 5.74) is 8.00. The minimum Gasteiger partial charge on any atom is -0.324 e. The summed E-state index contributed by atoms with van der Waals surface area (Å²) in [6.45, 7) is 4.05. The molecule has 0 bridgehead atoms. The van der Waals surface area contributed by atoms with Gasteiger partial charge >= 0.3 is 0 Å². The van der Waals surface area contributed by atoms with E-state index in [0.29, 0.717) is 0 Å². The van der Waals surface area contributed by atoms with Crippen molar-refractivity contribution in [2.24, 2.45) is 5.73 Å². The third-order valence-electron chi connectivity index (χ3n) is 1.96. The lowest BCUT2D eigenvalue weighted by molar-refractivity contribution is 0.817. The molecule has 12 heavy (non-hydrogen) atoms. The monoisotopic (exact) mass is 183 g/mol. The van der Waals surface area contributed by atoms with Gasteiger partial charge in [0, 0.05) is 11.1 Å². The highest BCUT2D eigenvalue weighted by Gasteiger charge is 2.04. The molecule has 0 aliphatic carbocycles. The van der Waals surface area contributed by atoms with Crippen molar-refractivity contribution in [1.82, 2.24) is 0 Å². The summed E-state index contributed by atoms with van der Waals surface area (Å²) < 4.78 is 0. The van der Waals surface area contributed by atoms with Gasteiger partial charge < -0.3 is 5.73 Å². The normalized spacial score (nSPS) is 13.0. The summed E-state index contributed by atoms with van der Waals surface area (Å²) in [5.74, 6) is 0. The minimum atomic E-state index is 0.0170. The molecule has 0 aromatic heterocycles. The molecule has 1 aromatic rings. The number of nitrogens with two attached hydrogens (primary N) is 1. The molecule has 2 heteroatoms. The molecule has 0 aliphatic heterocycles. The van der Waals surface area contributed by atoms with Crippen LogP contribution in [0.4, 0.5) is 0 Å². The van der Waals surface area contributed by atoms with Crippen molar-refractivity contribution in [1.29, 1.82) is 0 Å². The van der Waals surface area contributed by atoms with E-state index in [0.717, 1.165) is 17.0 Å². The lowest BCUT2D eigenvalue weighted by atomic mass is 10.1. The predicted molar refractivity (Wildman–Crippen MR) is 53.4 cm³/mol. The molecule has 0 saturated carbocycles. The van der Waals surface area contributed by atoms with Crippen molar-refractivity contribution in [2.45, 2.75) is 26.3 Å². The van der Waals surface area contributed by atoms with Crippen LogP contribution >= 0.6 is 11.6 Å². The second kappa shape index (κ2) is 3.92. The molecular formula is C10H14ClN. The minimum absolute atomic E-state index is 0.0170. The van der Waals surface area contributed by atoms with Gasteiger partial charge in [-0.2, -0.15) is 0 Å². The second-order valence-electron chi connectivity index (χ2n) is 3.00. The molecule has 0 saturated heterocycles. The predicted octanol–water partition coefficient (Wildman–Crippen LogP) is 2.92. The number of aryl methyl sites for hydroxylation is 1. The lowest BCUT2D eigenvalue weighted by Gasteiger charge is -2.08. The quantitative estimate of drug-likeness (QED) is 0.750. The third-order valence-corrected chi connectivity index (χ3v) is 2.29. The highest BCUT2D eigenvalue weighted by atomic mass is 35.5. The fourth-order valence-electron chi connectivity index (χ4n) is 1.16. The summed E-state index contributed by atoms with van der Waals surface area (Å²) in [6.07, 6.45) is 1.01. The van der Waals surface area contributed by atoms with Gasteiger partial charge in [0.2, 0.25) is 0 Å². The van der Waals surface area contributed by atoms with E-state index in [-0.39, 0.29) is 6.04 Å². The molecule has 0 amide bonds. The molecule has 0 fully saturated rings. The first-order valence-electron chi connectivity index (χ1n) is 4.19. The number of rotatable bonds is 2. The van der Waals surface area contributed by atoms with E-state index in [2.05, 4.69) is 13.0 Å². The van der Waals surface area contributed by atoms with Crippen LogP contribution in [-0.4, -0.2) is 0 Å². The van der Waals surface area contributed by atoms with Gasteiger partial charge in [0.15, 0.2) is 0 Å². The first kappa shape index (κ1) is 9.56. The average molecular weight is 184 g/mol. The Labute approximate surface area is 78.5 Å². The largest absolute Gasteiger partial charge is 0.324 e. The Bertz CT molecular complexity index is 269. The SMILES string of the molecule is CCc1ccc(C(C)N)c(Cl)c1. The summed E-state index contributed by atoms with van der Waals surface area (Å²) in [6, 6.07) is 6.08. The van der Waals surface area contributed by atoms with E-state index in [4.69, 9.17) is 17.3 Å². The first-order chi connectivity index (χ1) is 5.65. The molecule has 1 unspecified atom stereocenters. The van der Waals surface area contributed by atoms with Gasteiger partial charge in [-0.1, -0.05) is 30.7 Å². The molecule has 0 spiro atoms. The van der Waals surface area contributed by atoms with Crippen molar-refractivity contribution in [3.8, 4) is 0 Å². The van der Waals surface area contributed by atoms with E-state index in [1.807, 2.05) is 19.1 Å². The lowest BCUT2D eigenvalue weighted by Crippen LogP contribution is -2.05. The van der Waals surface area contributed by atoms with E-state index < -0.39 is 0 Å². The van der Waals surface area contributed by atoms with E-state index in [1.54, 1.807) is 0 Å². The maximum absolute atomic E-state index is 6.02. The number of benzene rings is 1. The number of halogens is 1. The van der Waals surface area contributed by atoms with Gasteiger partial charge in [-0.3, -0.25) is 0 Å². The van der Waals surface area contributed by atoms with Crippen molar-refractivity contribution in [3.63, 3.8) is 0 Å². The van der Waals surface area contributed by atoms with Gasteiger partial charge in [0.25, 0.3) is 0 Å². The fraction of sp³-hybridized carbons (Fsp3) is 0.400. The molecule has 1 nitrogen and oxygen atoms in total. The topological polar surface area (TPSA) is 26.0 Å². The summed E-state index contributed by atoms with van der Waals surface area (Å²) in [5, 5.41) is 0.782. The Balaban J connectivity index is 3.03. The van der Waals surface area contributed by atoms with E-state index in [9.17, 15) is 0 Å². The highest BCUT2D eigenvalue weighted by molar-refractivity contribution is 6.31. The average Bonchev–Trinajstić information content (AvgIpc) is 2.03. The molecule has 0 aliphatic rings. The van der Waals surface area contributed by atoms with Gasteiger partial charge in [0.1, 0.15) is 0 Å². The third kappa shape index (κ3) is 1.99. The van der Waals surface area contributed by atoms with E-state index >= 15 is 0 Å². The number of hydrogen-bond donors (Lipinski definition) is 1. The standard InChI is InChI=1S/C10H14ClN/c1-3-8-4-5-9(7(2)12)10(11)6-8/h4-7H,3,12H2,1-2H3. The molecule has 66 valence electrons. The van der Waals surface area contributed by atoms with Crippen LogP contribution in [0.1, 0.15) is 31.0 Å². The molecule has 1 aromatic carbocycles. The maximum Gasteiger partial charge on any atom is 0.0456 e. The summed E-state index contributed by atoms with van der Waals surface area (Å²) in [7, 11) is 0. The van der Waals surface area contributed by atoms with Crippen LogP contribution in [0.2, 0.25) is 5.02 Å². The zero-order chi connectivity index (χ0) is 9.14. The van der Waals surface area contributed by atoms with Crippen molar-refractivity contribution < 1.29 is 0 Å². The first-order valence-corrected chi connectivity index (χ1v) is 4.56. The Morgan fingerprint density at radius 2 is 2.17 bits per heavy atom. The smallest absolute Gasteiger partial charge is 0.0456 e. The van der Waals surface area contributed by atoms with Gasteiger partial charge in [-0.25, -0.2) is 0 Å². The summed E-state index contributed by atoms with van der Waals surface area (Å²) in [4.78, 5) is 0. The zero-order valence-electron chi connectivity index (χ0n) is 7.47. The van der Waals surface area contributed by atoms with Crippen LogP contribution in [0.15, 0.2) is 18.2 Å². The number of hydrogen-bond acceptors (Lipinski definition) is 1. The second-order valence-corrected chi connectivity index (χ2v) is 3.41. The Morgan fingerprint density at radius 3 is 2.58 bits per heavy atom. The Morgan fingerprint density at radius 1 is 1.50 bits per heavy atom. The van der Waals surface area contributed by atoms with Crippen LogP contribution < -0.4 is 5.73 Å². The van der Waals surface area contributed by atoms with Gasteiger partial charge in [0.05, 0.1) is 0 Å². The van der Waals surface area contributed by atoms with Crippen LogP contribution in [0, 0.1) is 0 Å². The summed E-state index contributed by atoms with van der Waals surface area (Å²) >= 11 is 6.02. The van der Waals surface area contributed by atoms with Crippen LogP contribution in [0.3, 0.4) is 0 Å². The molecular weight excluding hydrogens is 170 g/mol.